The highest BCUT2D eigenvalue weighted by molar-refractivity contribution is 6.10. The Balaban J connectivity index is 1.41. The van der Waals surface area contributed by atoms with E-state index in [1.54, 1.807) is 7.11 Å². The van der Waals surface area contributed by atoms with E-state index in [1.807, 2.05) is 12.1 Å². The molecule has 6 nitrogen and oxygen atoms in total. The van der Waals surface area contributed by atoms with Gasteiger partial charge < -0.3 is 24.0 Å². The molecule has 0 amide bonds. The van der Waals surface area contributed by atoms with E-state index in [0.717, 1.165) is 54.4 Å². The molecule has 0 radical (unpaired) electrons. The molecule has 0 aromatic heterocycles. The summed E-state index contributed by atoms with van der Waals surface area (Å²) in [5.41, 5.74) is 5.86. The predicted octanol–water partition coefficient (Wildman–Crippen LogP) is 4.07. The second kappa shape index (κ2) is 8.00. The van der Waals surface area contributed by atoms with Crippen LogP contribution in [0.3, 0.4) is 0 Å². The monoisotopic (exact) mass is 436 g/mol. The van der Waals surface area contributed by atoms with Crippen molar-refractivity contribution in [3.63, 3.8) is 0 Å². The van der Waals surface area contributed by atoms with Crippen molar-refractivity contribution < 1.29 is 19.0 Å². The number of methoxy groups -OCH3 is 1. The van der Waals surface area contributed by atoms with E-state index in [-0.39, 0.29) is 5.78 Å². The van der Waals surface area contributed by atoms with Gasteiger partial charge in [0.1, 0.15) is 11.5 Å². The van der Waals surface area contributed by atoms with Crippen LogP contribution in [-0.2, 0) is 4.74 Å². The van der Waals surface area contributed by atoms with Gasteiger partial charge in [-0.3, -0.25) is 4.79 Å². The molecular formula is C26H32N2O4. The lowest BCUT2D eigenvalue weighted by Gasteiger charge is -2.39. The fourth-order valence-corrected chi connectivity index (χ4v) is 5.46. The minimum atomic E-state index is -0.728. The van der Waals surface area contributed by atoms with Crippen LogP contribution in [0.1, 0.15) is 39.9 Å². The number of fused-ring (bicyclic) bond motifs is 1. The van der Waals surface area contributed by atoms with Gasteiger partial charge in [0.2, 0.25) is 5.78 Å². The molecule has 32 heavy (non-hydrogen) atoms. The number of anilines is 2. The van der Waals surface area contributed by atoms with E-state index in [2.05, 4.69) is 42.7 Å². The summed E-state index contributed by atoms with van der Waals surface area (Å²) in [6.07, 6.45) is 1.27. The summed E-state index contributed by atoms with van der Waals surface area (Å²) in [6, 6.07) is 8.26. The quantitative estimate of drug-likeness (QED) is 0.723. The second-order valence-electron chi connectivity index (χ2n) is 9.14. The van der Waals surface area contributed by atoms with Gasteiger partial charge in [-0.2, -0.15) is 0 Å². The number of ketones is 1. The number of rotatable bonds is 3. The van der Waals surface area contributed by atoms with E-state index >= 15 is 0 Å². The summed E-state index contributed by atoms with van der Waals surface area (Å²) < 4.78 is 17.2. The maximum atomic E-state index is 13.6. The first kappa shape index (κ1) is 21.1. The minimum absolute atomic E-state index is 0.148. The standard InChI is InChI=1S/C26H32N2O4/c1-17-18(2)24-22(25(29)26(32-24)9-15-31-16-10-26)19(3)23(17)28-13-11-27(12-14-28)20-5-7-21(30-4)8-6-20/h5-8H,9-16H2,1-4H3. The van der Waals surface area contributed by atoms with E-state index in [0.29, 0.717) is 26.1 Å². The molecule has 3 heterocycles. The number of Topliss-reactive ketones (excluding diaryl/α,β-unsaturated/α-hetero) is 1. The van der Waals surface area contributed by atoms with E-state index in [9.17, 15) is 4.79 Å². The Morgan fingerprint density at radius 3 is 2.12 bits per heavy atom. The molecule has 2 saturated heterocycles. The van der Waals surface area contributed by atoms with Crippen molar-refractivity contribution in [1.29, 1.82) is 0 Å². The lowest BCUT2D eigenvalue weighted by molar-refractivity contribution is -0.0215. The van der Waals surface area contributed by atoms with Gasteiger partial charge in [0.25, 0.3) is 0 Å². The van der Waals surface area contributed by atoms with Crippen molar-refractivity contribution >= 4 is 17.2 Å². The summed E-state index contributed by atoms with van der Waals surface area (Å²) in [7, 11) is 1.69. The number of piperazine rings is 1. The van der Waals surface area contributed by atoms with Crippen LogP contribution in [0.2, 0.25) is 0 Å². The van der Waals surface area contributed by atoms with Gasteiger partial charge in [0, 0.05) is 50.4 Å². The fourth-order valence-electron chi connectivity index (χ4n) is 5.46. The number of carbonyl (C=O) groups excluding carboxylic acids is 1. The smallest absolute Gasteiger partial charge is 0.210 e. The molecule has 6 heteroatoms. The van der Waals surface area contributed by atoms with E-state index < -0.39 is 5.60 Å². The van der Waals surface area contributed by atoms with Crippen LogP contribution in [0.25, 0.3) is 0 Å². The number of ether oxygens (including phenoxy) is 3. The van der Waals surface area contributed by atoms with Crippen LogP contribution in [0.5, 0.6) is 11.5 Å². The molecule has 2 aromatic rings. The van der Waals surface area contributed by atoms with Gasteiger partial charge in [0.15, 0.2) is 5.60 Å². The Labute approximate surface area is 190 Å². The highest BCUT2D eigenvalue weighted by Gasteiger charge is 2.50. The molecule has 0 saturated carbocycles. The molecule has 5 rings (SSSR count). The Kier molecular flexibility index (Phi) is 5.28. The lowest BCUT2D eigenvalue weighted by Crippen LogP contribution is -2.47. The average molecular weight is 437 g/mol. The summed E-state index contributed by atoms with van der Waals surface area (Å²) in [6.45, 7) is 11.2. The van der Waals surface area contributed by atoms with Gasteiger partial charge in [0.05, 0.1) is 25.9 Å². The Hall–Kier alpha value is -2.73. The first-order chi connectivity index (χ1) is 15.4. The van der Waals surface area contributed by atoms with Gasteiger partial charge in [-0.25, -0.2) is 0 Å². The SMILES string of the molecule is COc1ccc(N2CCN(c3c(C)c(C)c4c(c3C)C(=O)C3(CCOCC3)O4)CC2)cc1. The van der Waals surface area contributed by atoms with Crippen LogP contribution < -0.4 is 19.3 Å². The summed E-state index contributed by atoms with van der Waals surface area (Å²) in [4.78, 5) is 18.4. The normalized spacial score (nSPS) is 19.8. The molecular weight excluding hydrogens is 404 g/mol. The molecule has 170 valence electrons. The van der Waals surface area contributed by atoms with Gasteiger partial charge in [-0.05, 0) is 61.7 Å². The maximum Gasteiger partial charge on any atom is 0.210 e. The molecule has 1 spiro atoms. The van der Waals surface area contributed by atoms with Gasteiger partial charge >= 0.3 is 0 Å². The van der Waals surface area contributed by atoms with Crippen molar-refractivity contribution in [3.8, 4) is 11.5 Å². The van der Waals surface area contributed by atoms with Crippen LogP contribution >= 0.6 is 0 Å². The third kappa shape index (κ3) is 3.24. The molecule has 0 atom stereocenters. The number of hydrogen-bond acceptors (Lipinski definition) is 6. The molecule has 3 aliphatic rings. The molecule has 2 aromatic carbocycles. The third-order valence-corrected chi connectivity index (χ3v) is 7.49. The number of hydrogen-bond donors (Lipinski definition) is 0. The van der Waals surface area contributed by atoms with Crippen molar-refractivity contribution in [2.75, 3.05) is 56.3 Å². The first-order valence-electron chi connectivity index (χ1n) is 11.5. The Bertz CT molecular complexity index is 1030. The molecule has 0 N–H and O–H groups in total. The lowest BCUT2D eigenvalue weighted by atomic mass is 9.85. The van der Waals surface area contributed by atoms with Crippen molar-refractivity contribution in [3.05, 3.63) is 46.5 Å². The molecule has 0 bridgehead atoms. The first-order valence-corrected chi connectivity index (χ1v) is 11.5. The number of nitrogens with zero attached hydrogens (tertiary/aromatic N) is 2. The van der Waals surface area contributed by atoms with Crippen LogP contribution in [0.15, 0.2) is 24.3 Å². The topological polar surface area (TPSA) is 51.2 Å². The Morgan fingerprint density at radius 2 is 1.50 bits per heavy atom. The third-order valence-electron chi connectivity index (χ3n) is 7.49. The average Bonchev–Trinajstić information content (AvgIpc) is 3.10. The summed E-state index contributed by atoms with van der Waals surface area (Å²) in [5.74, 6) is 1.82. The van der Waals surface area contributed by atoms with Crippen molar-refractivity contribution in [1.82, 2.24) is 0 Å². The molecule has 0 aliphatic carbocycles. The van der Waals surface area contributed by atoms with E-state index in [4.69, 9.17) is 14.2 Å². The van der Waals surface area contributed by atoms with Crippen LogP contribution in [0, 0.1) is 20.8 Å². The largest absolute Gasteiger partial charge is 0.497 e. The zero-order chi connectivity index (χ0) is 22.5. The van der Waals surface area contributed by atoms with Crippen LogP contribution in [-0.4, -0.2) is 57.9 Å². The van der Waals surface area contributed by atoms with Gasteiger partial charge in [-0.1, -0.05) is 0 Å². The predicted molar refractivity (Wildman–Crippen MR) is 126 cm³/mol. The van der Waals surface area contributed by atoms with Crippen molar-refractivity contribution in [2.45, 2.75) is 39.2 Å². The highest BCUT2D eigenvalue weighted by atomic mass is 16.5. The maximum absolute atomic E-state index is 13.6. The van der Waals surface area contributed by atoms with Crippen molar-refractivity contribution in [2.24, 2.45) is 0 Å². The molecule has 0 unspecified atom stereocenters. The van der Waals surface area contributed by atoms with Gasteiger partial charge in [-0.15, -0.1) is 0 Å². The fraction of sp³-hybridized carbons (Fsp3) is 0.500. The zero-order valence-electron chi connectivity index (χ0n) is 19.5. The minimum Gasteiger partial charge on any atom is -0.497 e. The summed E-state index contributed by atoms with van der Waals surface area (Å²) in [5, 5.41) is 0. The second-order valence-corrected chi connectivity index (χ2v) is 9.14. The number of benzene rings is 2. The van der Waals surface area contributed by atoms with Crippen LogP contribution in [0.4, 0.5) is 11.4 Å². The highest BCUT2D eigenvalue weighted by Crippen LogP contribution is 2.48. The Morgan fingerprint density at radius 1 is 0.875 bits per heavy atom. The zero-order valence-corrected chi connectivity index (χ0v) is 19.5. The van der Waals surface area contributed by atoms with E-state index in [1.165, 1.54) is 16.9 Å². The molecule has 2 fully saturated rings. The summed E-state index contributed by atoms with van der Waals surface area (Å²) >= 11 is 0. The number of carbonyl (C=O) groups is 1. The molecule has 3 aliphatic heterocycles.